The highest BCUT2D eigenvalue weighted by molar-refractivity contribution is 5.88. The summed E-state index contributed by atoms with van der Waals surface area (Å²) in [5.41, 5.74) is -4.20. The number of hydrogen-bond donors (Lipinski definition) is 1. The van der Waals surface area contributed by atoms with Gasteiger partial charge in [-0.25, -0.2) is 9.18 Å². The fourth-order valence-electron chi connectivity index (χ4n) is 7.37. The van der Waals surface area contributed by atoms with Crippen molar-refractivity contribution < 1.29 is 54.9 Å². The van der Waals surface area contributed by atoms with Gasteiger partial charge in [-0.3, -0.25) is 9.69 Å². The molecule has 6 rings (SSSR count). The van der Waals surface area contributed by atoms with E-state index < -0.39 is 65.8 Å². The van der Waals surface area contributed by atoms with Crippen molar-refractivity contribution in [2.75, 3.05) is 26.4 Å². The molecule has 1 aliphatic carbocycles. The van der Waals surface area contributed by atoms with Gasteiger partial charge in [-0.1, -0.05) is 13.0 Å². The predicted octanol–water partition coefficient (Wildman–Crippen LogP) is 6.69. The van der Waals surface area contributed by atoms with Crippen molar-refractivity contribution in [2.24, 2.45) is 11.8 Å². The van der Waals surface area contributed by atoms with Gasteiger partial charge >= 0.3 is 18.3 Å². The zero-order chi connectivity index (χ0) is 33.2. The molecule has 0 radical (unpaired) electrons. The Morgan fingerprint density at radius 2 is 1.74 bits per heavy atom. The number of ether oxygens (including phenoxy) is 2. The van der Waals surface area contributed by atoms with E-state index in [9.17, 15) is 45.4 Å². The standard InChI is InChI=1S/C32H33F7N2O5/c1-17-13-40(9-7-23(17)18-2-5-26(33)24(11-18)28(42)43)22-6-8-30(46-15-22,20-3-4-20)29(44)41-14-19-10-21(31(34,35)36)12-25(32(37,38)39)27(19)45-16-41/h2,5,10-12,17,20,22-23H,3-4,6-9,13-16H2,1H3,(H,42,43)/t17?,22?,23-,30-/m0/s1. The Morgan fingerprint density at radius 1 is 1.00 bits per heavy atom. The molecule has 2 aromatic carbocycles. The second kappa shape index (κ2) is 11.7. The number of fused-ring (bicyclic) bond motifs is 1. The molecule has 4 atom stereocenters. The van der Waals surface area contributed by atoms with Crippen LogP contribution in [0.15, 0.2) is 30.3 Å². The first kappa shape index (κ1) is 32.5. The molecule has 0 bridgehead atoms. The number of benzene rings is 2. The molecule has 3 heterocycles. The van der Waals surface area contributed by atoms with E-state index in [0.717, 1.165) is 23.3 Å². The Hall–Kier alpha value is -3.39. The number of carboxylic acids is 1. The number of nitrogens with zero attached hydrogens (tertiary/aromatic N) is 2. The fraction of sp³-hybridized carbons (Fsp3) is 0.562. The van der Waals surface area contributed by atoms with Gasteiger partial charge in [0.05, 0.1) is 29.8 Å². The molecule has 1 amide bonds. The van der Waals surface area contributed by atoms with Gasteiger partial charge in [-0.2, -0.15) is 26.3 Å². The zero-order valence-electron chi connectivity index (χ0n) is 24.9. The summed E-state index contributed by atoms with van der Waals surface area (Å²) in [4.78, 5) is 28.8. The molecule has 2 unspecified atom stereocenters. The van der Waals surface area contributed by atoms with Crippen LogP contribution in [0.2, 0.25) is 0 Å². The molecule has 1 saturated carbocycles. The maximum atomic E-state index is 14.0. The van der Waals surface area contributed by atoms with E-state index in [2.05, 4.69) is 4.90 Å². The SMILES string of the molecule is CC1CN(C2CC[C@@](C(=O)N3COc4c(cc(C(F)(F)F)cc4C(F)(F)F)C3)(C3CC3)OC2)CC[C@@H]1c1ccc(F)c(C(=O)O)c1. The number of aromatic carboxylic acids is 1. The minimum absolute atomic E-state index is 0.0205. The van der Waals surface area contributed by atoms with E-state index >= 15 is 0 Å². The Bertz CT molecular complexity index is 1520. The maximum absolute atomic E-state index is 14.0. The molecule has 2 saturated heterocycles. The van der Waals surface area contributed by atoms with E-state index in [0.29, 0.717) is 38.4 Å². The summed E-state index contributed by atoms with van der Waals surface area (Å²) >= 11 is 0. The van der Waals surface area contributed by atoms with Crippen LogP contribution in [0.4, 0.5) is 30.7 Å². The van der Waals surface area contributed by atoms with Crippen LogP contribution >= 0.6 is 0 Å². The van der Waals surface area contributed by atoms with Gasteiger partial charge in [0, 0.05) is 18.2 Å². The molecule has 2 aromatic rings. The van der Waals surface area contributed by atoms with E-state index in [-0.39, 0.29) is 47.6 Å². The van der Waals surface area contributed by atoms with E-state index in [1.807, 2.05) is 6.92 Å². The highest BCUT2D eigenvalue weighted by atomic mass is 19.4. The van der Waals surface area contributed by atoms with E-state index in [1.54, 1.807) is 6.07 Å². The van der Waals surface area contributed by atoms with Crippen molar-refractivity contribution in [2.45, 2.75) is 75.5 Å². The lowest BCUT2D eigenvalue weighted by atomic mass is 9.79. The maximum Gasteiger partial charge on any atom is 0.419 e. The molecule has 3 fully saturated rings. The number of carboxylic acid groups (broad SMARTS) is 1. The Morgan fingerprint density at radius 3 is 2.33 bits per heavy atom. The molecule has 3 aliphatic heterocycles. The fourth-order valence-corrected chi connectivity index (χ4v) is 7.37. The molecule has 0 aromatic heterocycles. The van der Waals surface area contributed by atoms with Crippen molar-refractivity contribution in [1.29, 1.82) is 0 Å². The van der Waals surface area contributed by atoms with Crippen LogP contribution < -0.4 is 4.74 Å². The number of rotatable bonds is 5. The minimum atomic E-state index is -5.08. The molecular weight excluding hydrogens is 625 g/mol. The van der Waals surface area contributed by atoms with Crippen molar-refractivity contribution in [3.63, 3.8) is 0 Å². The van der Waals surface area contributed by atoms with Gasteiger partial charge in [0.15, 0.2) is 6.73 Å². The predicted molar refractivity (Wildman–Crippen MR) is 148 cm³/mol. The second-order valence-corrected chi connectivity index (χ2v) is 12.9. The second-order valence-electron chi connectivity index (χ2n) is 12.9. The highest BCUT2D eigenvalue weighted by Gasteiger charge is 2.56. The van der Waals surface area contributed by atoms with Gasteiger partial charge in [-0.05, 0) is 86.2 Å². The molecule has 46 heavy (non-hydrogen) atoms. The molecule has 4 aliphatic rings. The first-order valence-electron chi connectivity index (χ1n) is 15.2. The molecule has 14 heteroatoms. The first-order chi connectivity index (χ1) is 21.6. The molecular formula is C32H33F7N2O5. The molecule has 1 N–H and O–H groups in total. The summed E-state index contributed by atoms with van der Waals surface area (Å²) in [5, 5.41) is 9.32. The Kier molecular flexibility index (Phi) is 8.27. The highest BCUT2D eigenvalue weighted by Crippen LogP contribution is 2.50. The number of alkyl halides is 6. The summed E-state index contributed by atoms with van der Waals surface area (Å²) in [5.74, 6) is -3.27. The van der Waals surface area contributed by atoms with Crippen LogP contribution in [-0.2, 0) is 28.4 Å². The summed E-state index contributed by atoms with van der Waals surface area (Å²) < 4.78 is 107. The van der Waals surface area contributed by atoms with E-state index in [1.165, 1.54) is 12.1 Å². The topological polar surface area (TPSA) is 79.3 Å². The van der Waals surface area contributed by atoms with Gasteiger partial charge < -0.3 is 19.5 Å². The summed E-state index contributed by atoms with van der Waals surface area (Å²) in [6.45, 7) is 2.60. The zero-order valence-corrected chi connectivity index (χ0v) is 24.9. The normalized spacial score (nSPS) is 27.6. The van der Waals surface area contributed by atoms with Crippen molar-refractivity contribution >= 4 is 11.9 Å². The van der Waals surface area contributed by atoms with Crippen LogP contribution in [0, 0.1) is 17.7 Å². The van der Waals surface area contributed by atoms with Crippen molar-refractivity contribution in [1.82, 2.24) is 9.80 Å². The number of carbonyl (C=O) groups excluding carboxylic acids is 1. The van der Waals surface area contributed by atoms with Crippen molar-refractivity contribution in [3.05, 3.63) is 64.0 Å². The average Bonchev–Trinajstić information content (AvgIpc) is 3.85. The summed E-state index contributed by atoms with van der Waals surface area (Å²) in [7, 11) is 0. The van der Waals surface area contributed by atoms with E-state index in [4.69, 9.17) is 9.47 Å². The lowest BCUT2D eigenvalue weighted by Crippen LogP contribution is -2.59. The van der Waals surface area contributed by atoms with Gasteiger partial charge in [-0.15, -0.1) is 0 Å². The van der Waals surface area contributed by atoms with Crippen molar-refractivity contribution in [3.8, 4) is 5.75 Å². The third-order valence-electron chi connectivity index (χ3n) is 9.89. The lowest BCUT2D eigenvalue weighted by molar-refractivity contribution is -0.181. The summed E-state index contributed by atoms with van der Waals surface area (Å²) in [6.07, 6.45) is -7.02. The molecule has 250 valence electrons. The van der Waals surface area contributed by atoms with Gasteiger partial charge in [0.25, 0.3) is 5.91 Å². The number of likely N-dealkylation sites (tertiary alicyclic amines) is 1. The van der Waals surface area contributed by atoms with Gasteiger partial charge in [0.2, 0.25) is 0 Å². The minimum Gasteiger partial charge on any atom is -0.478 e. The van der Waals surface area contributed by atoms with Crippen LogP contribution in [0.1, 0.15) is 77.6 Å². The average molecular weight is 659 g/mol. The van der Waals surface area contributed by atoms with Gasteiger partial charge in [0.1, 0.15) is 17.2 Å². The third-order valence-corrected chi connectivity index (χ3v) is 9.89. The third kappa shape index (κ3) is 6.05. The Balaban J connectivity index is 1.14. The number of halogens is 7. The smallest absolute Gasteiger partial charge is 0.419 e. The van der Waals surface area contributed by atoms with Crippen LogP contribution in [0.5, 0.6) is 5.75 Å². The number of amides is 1. The first-order valence-corrected chi connectivity index (χ1v) is 15.2. The quantitative estimate of drug-likeness (QED) is 0.361. The molecule has 0 spiro atoms. The summed E-state index contributed by atoms with van der Waals surface area (Å²) in [6, 6.07) is 4.80. The number of piperidine rings is 1. The molecule has 7 nitrogen and oxygen atoms in total. The monoisotopic (exact) mass is 658 g/mol. The lowest BCUT2D eigenvalue weighted by Gasteiger charge is -2.47. The van der Waals surface area contributed by atoms with Crippen LogP contribution in [0.25, 0.3) is 0 Å². The number of carbonyl (C=O) groups is 2. The van der Waals surface area contributed by atoms with Crippen LogP contribution in [0.3, 0.4) is 0 Å². The largest absolute Gasteiger partial charge is 0.478 e. The number of hydrogen-bond acceptors (Lipinski definition) is 5. The Labute approximate surface area is 260 Å². The van der Waals surface area contributed by atoms with Crippen LogP contribution in [-0.4, -0.2) is 64.9 Å².